The van der Waals surface area contributed by atoms with E-state index >= 15 is 0 Å². The summed E-state index contributed by atoms with van der Waals surface area (Å²) in [5.41, 5.74) is 2.89. The van der Waals surface area contributed by atoms with Gasteiger partial charge in [-0.2, -0.15) is 0 Å². The molecule has 18 heavy (non-hydrogen) atoms. The molecule has 1 fully saturated rings. The number of carbonyl (C=O) groups is 1. The molecule has 1 aromatic carbocycles. The van der Waals surface area contributed by atoms with Gasteiger partial charge in [0.2, 0.25) is 5.78 Å². The second kappa shape index (κ2) is 4.25. The van der Waals surface area contributed by atoms with E-state index in [0.29, 0.717) is 19.0 Å². The summed E-state index contributed by atoms with van der Waals surface area (Å²) < 4.78 is 11.0. The smallest absolute Gasteiger partial charge is 0.203 e. The Bertz CT molecular complexity index is 603. The summed E-state index contributed by atoms with van der Waals surface area (Å²) in [5.74, 6) is 0.551. The molecule has 3 nitrogen and oxygen atoms in total. The molecular weight excluding hydrogens is 228 g/mol. The van der Waals surface area contributed by atoms with Gasteiger partial charge in [0.1, 0.15) is 5.58 Å². The number of hydrogen-bond donors (Lipinski definition) is 0. The highest BCUT2D eigenvalue weighted by Gasteiger charge is 2.28. The molecule has 2 aromatic rings. The number of fused-ring (bicyclic) bond motifs is 1. The topological polar surface area (TPSA) is 39.4 Å². The monoisotopic (exact) mass is 244 g/mol. The molecule has 1 aliphatic heterocycles. The number of benzene rings is 1. The molecule has 0 radical (unpaired) electrons. The Morgan fingerprint density at radius 2 is 2.17 bits per heavy atom. The van der Waals surface area contributed by atoms with Crippen LogP contribution in [0.1, 0.15) is 28.1 Å². The van der Waals surface area contributed by atoms with Gasteiger partial charge in [-0.3, -0.25) is 4.79 Å². The van der Waals surface area contributed by atoms with Crippen molar-refractivity contribution in [2.24, 2.45) is 5.92 Å². The molecular formula is C15H16O3. The van der Waals surface area contributed by atoms with Crippen LogP contribution in [0.4, 0.5) is 0 Å². The number of ketones is 1. The summed E-state index contributed by atoms with van der Waals surface area (Å²) in [5, 5.41) is 1.03. The minimum absolute atomic E-state index is 0.0367. The zero-order valence-electron chi connectivity index (χ0n) is 10.7. The van der Waals surface area contributed by atoms with Gasteiger partial charge in [-0.1, -0.05) is 12.1 Å². The van der Waals surface area contributed by atoms with Gasteiger partial charge in [0.15, 0.2) is 5.76 Å². The lowest BCUT2D eigenvalue weighted by atomic mass is 9.99. The number of hydrogen-bond acceptors (Lipinski definition) is 3. The van der Waals surface area contributed by atoms with Crippen LogP contribution in [0.15, 0.2) is 22.6 Å². The first-order valence-corrected chi connectivity index (χ1v) is 6.28. The van der Waals surface area contributed by atoms with Crippen molar-refractivity contribution in [2.75, 3.05) is 13.2 Å². The summed E-state index contributed by atoms with van der Waals surface area (Å²) in [6, 6.07) is 6.04. The van der Waals surface area contributed by atoms with Crippen LogP contribution in [0, 0.1) is 19.8 Å². The molecule has 1 aliphatic rings. The van der Waals surface area contributed by atoms with E-state index in [-0.39, 0.29) is 11.7 Å². The van der Waals surface area contributed by atoms with E-state index in [1.165, 1.54) is 0 Å². The van der Waals surface area contributed by atoms with Gasteiger partial charge in [-0.15, -0.1) is 0 Å². The van der Waals surface area contributed by atoms with Gasteiger partial charge >= 0.3 is 0 Å². The third kappa shape index (κ3) is 1.75. The van der Waals surface area contributed by atoms with Crippen molar-refractivity contribution in [1.29, 1.82) is 0 Å². The van der Waals surface area contributed by atoms with E-state index < -0.39 is 0 Å². The normalized spacial score (nSPS) is 19.6. The fourth-order valence-corrected chi connectivity index (χ4v) is 2.49. The second-order valence-corrected chi connectivity index (χ2v) is 4.98. The van der Waals surface area contributed by atoms with Gasteiger partial charge in [0.25, 0.3) is 0 Å². The summed E-state index contributed by atoms with van der Waals surface area (Å²) in [6.07, 6.45) is 0.800. The van der Waals surface area contributed by atoms with Crippen molar-refractivity contribution in [1.82, 2.24) is 0 Å². The van der Waals surface area contributed by atoms with Gasteiger partial charge in [0, 0.05) is 17.6 Å². The maximum atomic E-state index is 12.3. The van der Waals surface area contributed by atoms with Crippen LogP contribution in [-0.2, 0) is 4.74 Å². The predicted octanol–water partition coefficient (Wildman–Crippen LogP) is 3.27. The molecule has 0 N–H and O–H groups in total. The average Bonchev–Trinajstić information content (AvgIpc) is 2.97. The molecule has 3 rings (SSSR count). The summed E-state index contributed by atoms with van der Waals surface area (Å²) in [7, 11) is 0. The first kappa shape index (κ1) is 11.5. The van der Waals surface area contributed by atoms with Crippen LogP contribution in [-0.4, -0.2) is 19.0 Å². The Labute approximate surface area is 106 Å². The van der Waals surface area contributed by atoms with Gasteiger partial charge in [0.05, 0.1) is 12.5 Å². The number of rotatable bonds is 2. The molecule has 1 aromatic heterocycles. The quantitative estimate of drug-likeness (QED) is 0.761. The standard InChI is InChI=1S/C15H16O3/c1-9-3-4-12-10(2)15(18-13(12)7-9)14(16)11-5-6-17-8-11/h3-4,7,11H,5-6,8H2,1-2H3. The first-order valence-electron chi connectivity index (χ1n) is 6.28. The van der Waals surface area contributed by atoms with Crippen molar-refractivity contribution in [3.63, 3.8) is 0 Å². The van der Waals surface area contributed by atoms with Crippen LogP contribution >= 0.6 is 0 Å². The fraction of sp³-hybridized carbons (Fsp3) is 0.400. The largest absolute Gasteiger partial charge is 0.453 e. The lowest BCUT2D eigenvalue weighted by Crippen LogP contribution is -2.14. The number of carbonyl (C=O) groups excluding carboxylic acids is 1. The van der Waals surface area contributed by atoms with E-state index in [1.807, 2.05) is 32.0 Å². The molecule has 2 heterocycles. The van der Waals surface area contributed by atoms with Crippen molar-refractivity contribution < 1.29 is 13.9 Å². The molecule has 94 valence electrons. The molecule has 1 atom stereocenters. The molecule has 0 bridgehead atoms. The van der Waals surface area contributed by atoms with Crippen LogP contribution in [0.5, 0.6) is 0 Å². The number of aryl methyl sites for hydroxylation is 2. The zero-order chi connectivity index (χ0) is 12.7. The molecule has 0 aliphatic carbocycles. The van der Waals surface area contributed by atoms with Crippen molar-refractivity contribution in [3.8, 4) is 0 Å². The Kier molecular flexibility index (Phi) is 2.71. The molecule has 0 spiro atoms. The average molecular weight is 244 g/mol. The SMILES string of the molecule is Cc1ccc2c(C)c(C(=O)C3CCOC3)oc2c1. The minimum Gasteiger partial charge on any atom is -0.453 e. The van der Waals surface area contributed by atoms with Gasteiger partial charge < -0.3 is 9.15 Å². The van der Waals surface area contributed by atoms with E-state index in [0.717, 1.165) is 28.5 Å². The second-order valence-electron chi connectivity index (χ2n) is 4.98. The highest BCUT2D eigenvalue weighted by atomic mass is 16.5. The summed E-state index contributed by atoms with van der Waals surface area (Å²) in [6.45, 7) is 5.16. The maximum Gasteiger partial charge on any atom is 0.203 e. The molecule has 3 heteroatoms. The third-order valence-electron chi connectivity index (χ3n) is 3.62. The van der Waals surface area contributed by atoms with E-state index in [1.54, 1.807) is 0 Å². The molecule has 0 amide bonds. The molecule has 0 saturated carbocycles. The van der Waals surface area contributed by atoms with Crippen LogP contribution in [0.2, 0.25) is 0 Å². The lowest BCUT2D eigenvalue weighted by molar-refractivity contribution is 0.0873. The number of Topliss-reactive ketones (excluding diaryl/α,β-unsaturated/α-hetero) is 1. The third-order valence-corrected chi connectivity index (χ3v) is 3.62. The fourth-order valence-electron chi connectivity index (χ4n) is 2.49. The van der Waals surface area contributed by atoms with E-state index in [9.17, 15) is 4.79 Å². The summed E-state index contributed by atoms with van der Waals surface area (Å²) >= 11 is 0. The van der Waals surface area contributed by atoms with Gasteiger partial charge in [-0.05, 0) is 31.9 Å². The van der Waals surface area contributed by atoms with Crippen LogP contribution in [0.25, 0.3) is 11.0 Å². The zero-order valence-corrected chi connectivity index (χ0v) is 10.7. The van der Waals surface area contributed by atoms with Gasteiger partial charge in [-0.25, -0.2) is 0 Å². The van der Waals surface area contributed by atoms with Crippen molar-refractivity contribution >= 4 is 16.8 Å². The Morgan fingerprint density at radius 1 is 1.33 bits per heavy atom. The molecule has 1 saturated heterocycles. The number of ether oxygens (including phenoxy) is 1. The highest BCUT2D eigenvalue weighted by Crippen LogP contribution is 2.29. The minimum atomic E-state index is -0.0367. The van der Waals surface area contributed by atoms with E-state index in [2.05, 4.69) is 0 Å². The Balaban J connectivity index is 2.06. The predicted molar refractivity (Wildman–Crippen MR) is 68.9 cm³/mol. The number of furan rings is 1. The summed E-state index contributed by atoms with van der Waals surface area (Å²) in [4.78, 5) is 12.3. The Morgan fingerprint density at radius 3 is 2.89 bits per heavy atom. The highest BCUT2D eigenvalue weighted by molar-refractivity contribution is 6.01. The van der Waals surface area contributed by atoms with Crippen LogP contribution < -0.4 is 0 Å². The van der Waals surface area contributed by atoms with Crippen molar-refractivity contribution in [2.45, 2.75) is 20.3 Å². The Hall–Kier alpha value is -1.61. The van der Waals surface area contributed by atoms with Crippen molar-refractivity contribution in [3.05, 3.63) is 35.1 Å². The van der Waals surface area contributed by atoms with E-state index in [4.69, 9.17) is 9.15 Å². The first-order chi connectivity index (χ1) is 8.66. The van der Waals surface area contributed by atoms with Crippen LogP contribution in [0.3, 0.4) is 0 Å². The molecule has 1 unspecified atom stereocenters. The lowest BCUT2D eigenvalue weighted by Gasteiger charge is -2.03. The maximum absolute atomic E-state index is 12.3.